The summed E-state index contributed by atoms with van der Waals surface area (Å²) in [7, 11) is -2.00. The van der Waals surface area contributed by atoms with E-state index in [1.165, 1.54) is 11.8 Å². The topological polar surface area (TPSA) is 65.1 Å². The van der Waals surface area contributed by atoms with Gasteiger partial charge in [0.1, 0.15) is 16.9 Å². The minimum Gasteiger partial charge on any atom is -0.457 e. The molecule has 0 bridgehead atoms. The SMILES string of the molecule is C=CCOC(=O)C1=C(C2CCOC2)N2C(=O)C(C(C)O[Si](C)(C)C(C)(C)C)C2S1. The normalized spacial score (nSPS) is 28.3. The van der Waals surface area contributed by atoms with Crippen LogP contribution in [0.1, 0.15) is 34.1 Å². The summed E-state index contributed by atoms with van der Waals surface area (Å²) in [5, 5.41) is -0.0370. The number of nitrogens with zero attached hydrogens (tertiary/aromatic N) is 1. The molecule has 4 unspecified atom stereocenters. The van der Waals surface area contributed by atoms with Crippen molar-refractivity contribution in [3.8, 4) is 0 Å². The van der Waals surface area contributed by atoms with E-state index in [9.17, 15) is 9.59 Å². The number of esters is 1. The predicted octanol–water partition coefficient (Wildman–Crippen LogP) is 3.91. The van der Waals surface area contributed by atoms with Gasteiger partial charge in [-0.1, -0.05) is 45.2 Å². The molecule has 8 heteroatoms. The summed E-state index contributed by atoms with van der Waals surface area (Å²) in [6.45, 7) is 17.9. The molecule has 0 spiro atoms. The maximum absolute atomic E-state index is 13.2. The molecule has 3 aliphatic rings. The van der Waals surface area contributed by atoms with Gasteiger partial charge in [0, 0.05) is 18.2 Å². The van der Waals surface area contributed by atoms with Crippen LogP contribution in [0.2, 0.25) is 18.1 Å². The Hall–Kier alpha value is -1.09. The van der Waals surface area contributed by atoms with E-state index in [0.717, 1.165) is 12.1 Å². The van der Waals surface area contributed by atoms with Gasteiger partial charge in [0.2, 0.25) is 5.91 Å². The van der Waals surface area contributed by atoms with Gasteiger partial charge in [0.05, 0.1) is 18.6 Å². The van der Waals surface area contributed by atoms with Crippen LogP contribution in [-0.4, -0.2) is 56.4 Å². The highest BCUT2D eigenvalue weighted by molar-refractivity contribution is 8.04. The van der Waals surface area contributed by atoms with Crippen molar-refractivity contribution >= 4 is 32.0 Å². The van der Waals surface area contributed by atoms with Crippen molar-refractivity contribution in [1.82, 2.24) is 4.90 Å². The van der Waals surface area contributed by atoms with Gasteiger partial charge in [-0.15, -0.1) is 0 Å². The van der Waals surface area contributed by atoms with Crippen LogP contribution in [0.25, 0.3) is 0 Å². The van der Waals surface area contributed by atoms with Gasteiger partial charge in [-0.3, -0.25) is 4.79 Å². The monoisotopic (exact) mass is 439 g/mol. The molecule has 6 nitrogen and oxygen atoms in total. The molecule has 0 radical (unpaired) electrons. The number of amides is 1. The molecule has 162 valence electrons. The Labute approximate surface area is 179 Å². The molecule has 0 aliphatic carbocycles. The second-order valence-electron chi connectivity index (χ2n) is 9.49. The van der Waals surface area contributed by atoms with Gasteiger partial charge in [-0.2, -0.15) is 0 Å². The first kappa shape index (κ1) is 22.6. The lowest BCUT2D eigenvalue weighted by Crippen LogP contribution is -2.62. The zero-order valence-corrected chi connectivity index (χ0v) is 20.1. The van der Waals surface area contributed by atoms with Crippen molar-refractivity contribution in [2.75, 3.05) is 19.8 Å². The fourth-order valence-electron chi connectivity index (χ4n) is 3.79. The number of carbonyl (C=O) groups excluding carboxylic acids is 2. The molecule has 0 N–H and O–H groups in total. The van der Waals surface area contributed by atoms with E-state index in [-0.39, 0.29) is 46.8 Å². The zero-order chi connectivity index (χ0) is 21.6. The second kappa shape index (κ2) is 8.21. The van der Waals surface area contributed by atoms with Crippen molar-refractivity contribution < 1.29 is 23.5 Å². The molecule has 0 aromatic heterocycles. The molecule has 3 rings (SSSR count). The Balaban J connectivity index is 1.80. The first-order valence-corrected chi connectivity index (χ1v) is 14.1. The van der Waals surface area contributed by atoms with Crippen molar-refractivity contribution in [3.63, 3.8) is 0 Å². The molecule has 2 fully saturated rings. The van der Waals surface area contributed by atoms with E-state index in [0.29, 0.717) is 18.1 Å². The minimum absolute atomic E-state index is 0.0436. The van der Waals surface area contributed by atoms with Crippen LogP contribution in [-0.2, 0) is 23.5 Å². The molecule has 2 saturated heterocycles. The number of carbonyl (C=O) groups is 2. The molecule has 3 heterocycles. The smallest absolute Gasteiger partial charge is 0.346 e. The Morgan fingerprint density at radius 3 is 2.69 bits per heavy atom. The standard InChI is InChI=1S/C21H33NO5SSi/c1-8-10-26-20(24)17-16(14-9-11-25-12-14)22-18(23)15(19(22)28-17)13(2)27-29(6,7)21(3,4)5/h8,13-15,19H,1,9-12H2,2-7H3. The molecule has 0 aromatic rings. The molecule has 0 aromatic carbocycles. The third kappa shape index (κ3) is 4.09. The highest BCUT2D eigenvalue weighted by Crippen LogP contribution is 2.54. The molecule has 1 amide bonds. The average molecular weight is 440 g/mol. The van der Waals surface area contributed by atoms with Crippen molar-refractivity contribution in [2.45, 2.75) is 63.7 Å². The third-order valence-electron chi connectivity index (χ3n) is 6.44. The Bertz CT molecular complexity index is 723. The number of hydrogen-bond acceptors (Lipinski definition) is 6. The van der Waals surface area contributed by atoms with Crippen LogP contribution in [0.4, 0.5) is 0 Å². The van der Waals surface area contributed by atoms with E-state index < -0.39 is 8.32 Å². The highest BCUT2D eigenvalue weighted by Gasteiger charge is 2.59. The van der Waals surface area contributed by atoms with Crippen molar-refractivity contribution in [2.24, 2.45) is 11.8 Å². The number of β-lactam (4-membered cyclic amide) rings is 1. The molecule has 4 atom stereocenters. The van der Waals surface area contributed by atoms with Crippen LogP contribution in [0.15, 0.2) is 23.3 Å². The predicted molar refractivity (Wildman–Crippen MR) is 117 cm³/mol. The van der Waals surface area contributed by atoms with Crippen LogP contribution in [0.3, 0.4) is 0 Å². The fraction of sp³-hybridized carbons (Fsp3) is 0.714. The van der Waals surface area contributed by atoms with E-state index in [2.05, 4.69) is 40.4 Å². The van der Waals surface area contributed by atoms with Crippen molar-refractivity contribution in [1.29, 1.82) is 0 Å². The van der Waals surface area contributed by atoms with Crippen LogP contribution < -0.4 is 0 Å². The van der Waals surface area contributed by atoms with E-state index >= 15 is 0 Å². The first-order chi connectivity index (χ1) is 13.5. The summed E-state index contributed by atoms with van der Waals surface area (Å²) in [6, 6.07) is 0. The number of fused-ring (bicyclic) bond motifs is 1. The summed E-state index contributed by atoms with van der Waals surface area (Å²) in [6.07, 6.45) is 2.17. The van der Waals surface area contributed by atoms with E-state index in [4.69, 9.17) is 13.9 Å². The quantitative estimate of drug-likeness (QED) is 0.259. The average Bonchev–Trinajstić information content (AvgIpc) is 3.23. The number of thioether (sulfide) groups is 1. The number of ether oxygens (including phenoxy) is 2. The summed E-state index contributed by atoms with van der Waals surface area (Å²) < 4.78 is 17.3. The van der Waals surface area contributed by atoms with Crippen molar-refractivity contribution in [3.05, 3.63) is 23.3 Å². The third-order valence-corrected chi connectivity index (χ3v) is 12.4. The lowest BCUT2D eigenvalue weighted by atomic mass is 9.89. The van der Waals surface area contributed by atoms with Gasteiger partial charge in [-0.25, -0.2) is 4.79 Å². The van der Waals surface area contributed by atoms with Gasteiger partial charge in [0.25, 0.3) is 0 Å². The maximum atomic E-state index is 13.2. The highest BCUT2D eigenvalue weighted by atomic mass is 32.2. The van der Waals surface area contributed by atoms with Crippen LogP contribution in [0.5, 0.6) is 0 Å². The number of rotatable bonds is 7. The van der Waals surface area contributed by atoms with E-state index in [1.807, 2.05) is 6.92 Å². The van der Waals surface area contributed by atoms with Crippen LogP contribution >= 0.6 is 11.8 Å². The fourth-order valence-corrected chi connectivity index (χ4v) is 6.81. The van der Waals surface area contributed by atoms with Gasteiger partial charge >= 0.3 is 5.97 Å². The molecule has 29 heavy (non-hydrogen) atoms. The summed E-state index contributed by atoms with van der Waals surface area (Å²) in [5.41, 5.74) is 0.785. The van der Waals surface area contributed by atoms with Gasteiger partial charge in [-0.05, 0) is 31.5 Å². The van der Waals surface area contributed by atoms with E-state index in [1.54, 1.807) is 11.0 Å². The largest absolute Gasteiger partial charge is 0.457 e. The summed E-state index contributed by atoms with van der Waals surface area (Å²) in [5.74, 6) is -0.533. The minimum atomic E-state index is -2.00. The molecule has 0 saturated carbocycles. The van der Waals surface area contributed by atoms with Crippen LogP contribution in [0, 0.1) is 11.8 Å². The maximum Gasteiger partial charge on any atom is 0.346 e. The molecular weight excluding hydrogens is 406 g/mol. The Morgan fingerprint density at radius 1 is 1.45 bits per heavy atom. The van der Waals surface area contributed by atoms with Gasteiger partial charge < -0.3 is 18.8 Å². The second-order valence-corrected chi connectivity index (χ2v) is 15.4. The lowest BCUT2D eigenvalue weighted by molar-refractivity contribution is -0.152. The molecular formula is C21H33NO5SSi. The number of hydrogen-bond donors (Lipinski definition) is 0. The summed E-state index contributed by atoms with van der Waals surface area (Å²) >= 11 is 1.44. The van der Waals surface area contributed by atoms with Gasteiger partial charge in [0.15, 0.2) is 8.32 Å². The molecule has 3 aliphatic heterocycles. The Kier molecular flexibility index (Phi) is 6.39. The Morgan fingerprint density at radius 2 is 2.14 bits per heavy atom. The first-order valence-electron chi connectivity index (χ1n) is 10.3. The summed E-state index contributed by atoms with van der Waals surface area (Å²) in [4.78, 5) is 28.2. The zero-order valence-electron chi connectivity index (χ0n) is 18.3. The lowest BCUT2D eigenvalue weighted by Gasteiger charge is -2.49.